The van der Waals surface area contributed by atoms with Gasteiger partial charge in [0.15, 0.2) is 0 Å². The van der Waals surface area contributed by atoms with Gasteiger partial charge in [-0.15, -0.1) is 0 Å². The Kier molecular flexibility index (Phi) is 7.27. The minimum absolute atomic E-state index is 0.426. The summed E-state index contributed by atoms with van der Waals surface area (Å²) in [7, 11) is 0. The Labute approximate surface area is 161 Å². The Morgan fingerprint density at radius 2 is 0.964 bits per heavy atom. The monoisotopic (exact) mass is 384 g/mol. The fourth-order valence-electron chi connectivity index (χ4n) is 2.33. The standard InChI is InChI=1S/C20H20N2O6/c1-13(23)27-17(19(25)21-15-9-5-3-6-10-15)18(28-14(2)24)20(26)22-16-11-7-4-8-12-16/h3-12,17-18H,1-2H3,(H,21,25)(H,22,26). The van der Waals surface area contributed by atoms with Gasteiger partial charge in [-0.25, -0.2) is 0 Å². The predicted octanol–water partition coefficient (Wildman–Crippen LogP) is 2.13. The van der Waals surface area contributed by atoms with Gasteiger partial charge >= 0.3 is 11.9 Å². The van der Waals surface area contributed by atoms with E-state index in [1.807, 2.05) is 0 Å². The molecule has 0 spiro atoms. The molecule has 0 aliphatic heterocycles. The zero-order chi connectivity index (χ0) is 20.5. The number of nitrogens with one attached hydrogen (secondary N) is 2. The van der Waals surface area contributed by atoms with E-state index in [4.69, 9.17) is 9.47 Å². The predicted molar refractivity (Wildman–Crippen MR) is 101 cm³/mol. The van der Waals surface area contributed by atoms with Crippen molar-refractivity contribution in [3.8, 4) is 0 Å². The van der Waals surface area contributed by atoms with Gasteiger partial charge in [-0.2, -0.15) is 0 Å². The largest absolute Gasteiger partial charge is 0.448 e. The molecule has 0 heterocycles. The number of anilines is 2. The molecule has 0 bridgehead atoms. The molecule has 2 N–H and O–H groups in total. The molecule has 8 nitrogen and oxygen atoms in total. The average Bonchev–Trinajstić information content (AvgIpc) is 2.65. The number of para-hydroxylation sites is 2. The van der Waals surface area contributed by atoms with Gasteiger partial charge in [0, 0.05) is 25.2 Å². The third-order valence-electron chi connectivity index (χ3n) is 3.46. The molecule has 146 valence electrons. The van der Waals surface area contributed by atoms with E-state index in [1.165, 1.54) is 0 Å². The van der Waals surface area contributed by atoms with E-state index in [2.05, 4.69) is 10.6 Å². The first-order valence-corrected chi connectivity index (χ1v) is 8.43. The van der Waals surface area contributed by atoms with Crippen LogP contribution in [0.15, 0.2) is 60.7 Å². The zero-order valence-corrected chi connectivity index (χ0v) is 15.4. The minimum Gasteiger partial charge on any atom is -0.448 e. The smallest absolute Gasteiger partial charge is 0.303 e. The molecule has 28 heavy (non-hydrogen) atoms. The SMILES string of the molecule is CC(=O)OC(C(=O)Nc1ccccc1)C(OC(C)=O)C(=O)Nc1ccccc1. The molecule has 8 heteroatoms. The average molecular weight is 384 g/mol. The number of hydrogen-bond donors (Lipinski definition) is 2. The Morgan fingerprint density at radius 3 is 1.25 bits per heavy atom. The van der Waals surface area contributed by atoms with Crippen LogP contribution in [-0.2, 0) is 28.7 Å². The first-order valence-electron chi connectivity index (χ1n) is 8.43. The van der Waals surface area contributed by atoms with Gasteiger partial charge in [0.05, 0.1) is 0 Å². The van der Waals surface area contributed by atoms with E-state index in [-0.39, 0.29) is 0 Å². The number of benzene rings is 2. The lowest BCUT2D eigenvalue weighted by molar-refractivity contribution is -0.171. The maximum absolute atomic E-state index is 12.7. The Hall–Kier alpha value is -3.68. The second-order valence-electron chi connectivity index (χ2n) is 5.77. The summed E-state index contributed by atoms with van der Waals surface area (Å²) in [5, 5.41) is 5.06. The van der Waals surface area contributed by atoms with E-state index in [0.29, 0.717) is 11.4 Å². The van der Waals surface area contributed by atoms with Crippen LogP contribution in [-0.4, -0.2) is 36.0 Å². The first kappa shape index (κ1) is 20.6. The Bertz CT molecular complexity index is 767. The molecule has 0 saturated carbocycles. The molecule has 2 atom stereocenters. The third-order valence-corrected chi connectivity index (χ3v) is 3.46. The second kappa shape index (κ2) is 9.86. The molecule has 0 radical (unpaired) electrons. The van der Waals surface area contributed by atoms with Crippen LogP contribution in [0.5, 0.6) is 0 Å². The summed E-state index contributed by atoms with van der Waals surface area (Å²) in [5.74, 6) is -3.23. The number of carbonyl (C=O) groups is 4. The summed E-state index contributed by atoms with van der Waals surface area (Å²) in [6.07, 6.45) is -3.35. The van der Waals surface area contributed by atoms with Crippen molar-refractivity contribution in [2.75, 3.05) is 10.6 Å². The van der Waals surface area contributed by atoms with Crippen LogP contribution in [0, 0.1) is 0 Å². The number of ether oxygens (including phenoxy) is 2. The van der Waals surface area contributed by atoms with Gasteiger partial charge < -0.3 is 20.1 Å². The molecule has 2 rings (SSSR count). The molecule has 0 fully saturated rings. The second-order valence-corrected chi connectivity index (χ2v) is 5.77. The molecule has 0 saturated heterocycles. The highest BCUT2D eigenvalue weighted by atomic mass is 16.6. The third kappa shape index (κ3) is 6.24. The van der Waals surface area contributed by atoms with Crippen molar-refractivity contribution in [1.29, 1.82) is 0 Å². The molecule has 0 aromatic heterocycles. The number of hydrogen-bond acceptors (Lipinski definition) is 6. The summed E-state index contributed by atoms with van der Waals surface area (Å²) in [4.78, 5) is 48.4. The van der Waals surface area contributed by atoms with Gasteiger partial charge in [0.1, 0.15) is 0 Å². The van der Waals surface area contributed by atoms with Gasteiger partial charge in [0.2, 0.25) is 12.2 Å². The van der Waals surface area contributed by atoms with Crippen molar-refractivity contribution in [1.82, 2.24) is 0 Å². The van der Waals surface area contributed by atoms with Gasteiger partial charge in [-0.1, -0.05) is 36.4 Å². The highest BCUT2D eigenvalue weighted by Crippen LogP contribution is 2.14. The maximum atomic E-state index is 12.7. The molecule has 0 aliphatic carbocycles. The van der Waals surface area contributed by atoms with Crippen molar-refractivity contribution in [2.45, 2.75) is 26.1 Å². The van der Waals surface area contributed by atoms with Crippen molar-refractivity contribution in [3.05, 3.63) is 60.7 Å². The van der Waals surface area contributed by atoms with Crippen molar-refractivity contribution in [2.24, 2.45) is 0 Å². The summed E-state index contributed by atoms with van der Waals surface area (Å²) in [5.41, 5.74) is 0.851. The van der Waals surface area contributed by atoms with Crippen LogP contribution < -0.4 is 10.6 Å². The van der Waals surface area contributed by atoms with Crippen LogP contribution in [0.1, 0.15) is 13.8 Å². The Balaban J connectivity index is 2.27. The fourth-order valence-corrected chi connectivity index (χ4v) is 2.33. The van der Waals surface area contributed by atoms with Crippen molar-refractivity contribution in [3.63, 3.8) is 0 Å². The van der Waals surface area contributed by atoms with Gasteiger partial charge in [0.25, 0.3) is 11.8 Å². The number of amides is 2. The first-order chi connectivity index (χ1) is 13.4. The highest BCUT2D eigenvalue weighted by Gasteiger charge is 2.39. The summed E-state index contributed by atoms with van der Waals surface area (Å²) < 4.78 is 10.0. The van der Waals surface area contributed by atoms with Crippen molar-refractivity contribution >= 4 is 35.1 Å². The topological polar surface area (TPSA) is 111 Å². The molecule has 0 aliphatic rings. The van der Waals surface area contributed by atoms with E-state index in [9.17, 15) is 19.2 Å². The van der Waals surface area contributed by atoms with Crippen LogP contribution >= 0.6 is 0 Å². The van der Waals surface area contributed by atoms with E-state index < -0.39 is 36.0 Å². The van der Waals surface area contributed by atoms with Gasteiger partial charge in [-0.05, 0) is 24.3 Å². The lowest BCUT2D eigenvalue weighted by atomic mass is 10.1. The fraction of sp³-hybridized carbons (Fsp3) is 0.200. The van der Waals surface area contributed by atoms with Gasteiger partial charge in [-0.3, -0.25) is 19.2 Å². The van der Waals surface area contributed by atoms with E-state index in [0.717, 1.165) is 13.8 Å². The molecule has 2 aromatic carbocycles. The highest BCUT2D eigenvalue weighted by molar-refractivity contribution is 6.03. The lowest BCUT2D eigenvalue weighted by Crippen LogP contribution is -2.49. The van der Waals surface area contributed by atoms with Crippen LogP contribution in [0.3, 0.4) is 0 Å². The summed E-state index contributed by atoms with van der Waals surface area (Å²) in [6.45, 7) is 2.17. The molecule has 2 aromatic rings. The number of carbonyl (C=O) groups excluding carboxylic acids is 4. The summed E-state index contributed by atoms with van der Waals surface area (Å²) in [6, 6.07) is 16.8. The van der Waals surface area contributed by atoms with Crippen LogP contribution in [0.25, 0.3) is 0 Å². The maximum Gasteiger partial charge on any atom is 0.303 e. The van der Waals surface area contributed by atoms with Crippen LogP contribution in [0.4, 0.5) is 11.4 Å². The minimum atomic E-state index is -1.68. The normalized spacial score (nSPS) is 12.2. The molecule has 2 unspecified atom stereocenters. The summed E-state index contributed by atoms with van der Waals surface area (Å²) >= 11 is 0. The number of esters is 2. The molecular formula is C20H20N2O6. The lowest BCUT2D eigenvalue weighted by Gasteiger charge is -2.24. The van der Waals surface area contributed by atoms with Crippen LogP contribution in [0.2, 0.25) is 0 Å². The quantitative estimate of drug-likeness (QED) is 0.708. The molecule has 2 amide bonds. The Morgan fingerprint density at radius 1 is 0.643 bits per heavy atom. The van der Waals surface area contributed by atoms with E-state index >= 15 is 0 Å². The van der Waals surface area contributed by atoms with Crippen molar-refractivity contribution < 1.29 is 28.7 Å². The zero-order valence-electron chi connectivity index (χ0n) is 15.4. The number of rotatable bonds is 7. The molecular weight excluding hydrogens is 364 g/mol. The van der Waals surface area contributed by atoms with E-state index in [1.54, 1.807) is 60.7 Å².